The Balaban J connectivity index is 1.28. The maximum absolute atomic E-state index is 13.5. The number of hydrogen-bond donors (Lipinski definition) is 1. The molecule has 0 atom stereocenters. The summed E-state index contributed by atoms with van der Waals surface area (Å²) in [6, 6.07) is 7.92. The molecule has 1 aromatic heterocycles. The van der Waals surface area contributed by atoms with E-state index in [9.17, 15) is 13.2 Å². The lowest BCUT2D eigenvalue weighted by molar-refractivity contribution is -0.126. The fourth-order valence-corrected chi connectivity index (χ4v) is 6.59. The molecule has 2 aromatic rings. The lowest BCUT2D eigenvalue weighted by atomic mass is 9.97. The van der Waals surface area contributed by atoms with Gasteiger partial charge in [0.15, 0.2) is 10.7 Å². The SMILES string of the molecule is Cc1ccc(/C=C/c2onc(C)c2S(=O)(=O)N2CCC(C(=O)NCCCN3CCN(C)CC3)CC2)cc1. The molecular weight excluding hydrogens is 490 g/mol. The summed E-state index contributed by atoms with van der Waals surface area (Å²) >= 11 is 0. The van der Waals surface area contributed by atoms with E-state index in [0.29, 0.717) is 38.2 Å². The Labute approximate surface area is 220 Å². The van der Waals surface area contributed by atoms with Crippen LogP contribution in [0.5, 0.6) is 0 Å². The molecule has 4 rings (SSSR count). The van der Waals surface area contributed by atoms with Crippen LogP contribution < -0.4 is 5.32 Å². The molecule has 0 spiro atoms. The number of carbonyl (C=O) groups is 1. The minimum Gasteiger partial charge on any atom is -0.356 e. The zero-order chi connectivity index (χ0) is 26.4. The number of rotatable bonds is 9. The molecule has 0 unspecified atom stereocenters. The van der Waals surface area contributed by atoms with E-state index < -0.39 is 10.0 Å². The lowest BCUT2D eigenvalue weighted by Crippen LogP contribution is -2.45. The van der Waals surface area contributed by atoms with Crippen molar-refractivity contribution in [1.29, 1.82) is 0 Å². The summed E-state index contributed by atoms with van der Waals surface area (Å²) < 4.78 is 33.8. The van der Waals surface area contributed by atoms with E-state index in [1.807, 2.05) is 37.3 Å². The minimum absolute atomic E-state index is 0.0262. The van der Waals surface area contributed by atoms with Crippen molar-refractivity contribution in [3.63, 3.8) is 0 Å². The topological polar surface area (TPSA) is 99.0 Å². The molecule has 0 bridgehead atoms. The Hall–Kier alpha value is -2.53. The average Bonchev–Trinajstić information content (AvgIpc) is 3.28. The highest BCUT2D eigenvalue weighted by molar-refractivity contribution is 7.89. The molecule has 0 aliphatic carbocycles. The number of nitrogens with one attached hydrogen (secondary N) is 1. The highest BCUT2D eigenvalue weighted by Gasteiger charge is 2.35. The van der Waals surface area contributed by atoms with Crippen molar-refractivity contribution < 1.29 is 17.7 Å². The van der Waals surface area contributed by atoms with Crippen LogP contribution in [-0.2, 0) is 14.8 Å². The third kappa shape index (κ3) is 7.07. The van der Waals surface area contributed by atoms with Crippen molar-refractivity contribution in [3.05, 3.63) is 46.8 Å². The summed E-state index contributed by atoms with van der Waals surface area (Å²) in [7, 11) is -1.65. The van der Waals surface area contributed by atoms with Crippen LogP contribution in [0.15, 0.2) is 33.7 Å². The monoisotopic (exact) mass is 529 g/mol. The molecule has 37 heavy (non-hydrogen) atoms. The molecule has 10 heteroatoms. The number of sulfonamides is 1. The summed E-state index contributed by atoms with van der Waals surface area (Å²) in [5.74, 6) is 0.0798. The van der Waals surface area contributed by atoms with Gasteiger partial charge < -0.3 is 19.6 Å². The Morgan fingerprint density at radius 1 is 1.05 bits per heavy atom. The summed E-state index contributed by atoms with van der Waals surface area (Å²) in [6.07, 6.45) is 5.40. The smallest absolute Gasteiger partial charge is 0.248 e. The Morgan fingerprint density at radius 2 is 1.73 bits per heavy atom. The van der Waals surface area contributed by atoms with E-state index in [-0.39, 0.29) is 22.5 Å². The highest BCUT2D eigenvalue weighted by atomic mass is 32.2. The highest BCUT2D eigenvalue weighted by Crippen LogP contribution is 2.29. The van der Waals surface area contributed by atoms with Gasteiger partial charge in [-0.05, 0) is 58.3 Å². The molecule has 2 aliphatic rings. The van der Waals surface area contributed by atoms with Gasteiger partial charge in [0.2, 0.25) is 15.9 Å². The van der Waals surface area contributed by atoms with Crippen LogP contribution in [0.4, 0.5) is 0 Å². The van der Waals surface area contributed by atoms with Gasteiger partial charge in [-0.3, -0.25) is 4.79 Å². The van der Waals surface area contributed by atoms with Crippen molar-refractivity contribution in [3.8, 4) is 0 Å². The first kappa shape index (κ1) is 27.5. The van der Waals surface area contributed by atoms with E-state index in [0.717, 1.165) is 50.3 Å². The quantitative estimate of drug-likeness (QED) is 0.499. The van der Waals surface area contributed by atoms with E-state index in [2.05, 4.69) is 27.3 Å². The number of hydrogen-bond acceptors (Lipinski definition) is 7. The number of nitrogens with zero attached hydrogens (tertiary/aromatic N) is 4. The van der Waals surface area contributed by atoms with Crippen LogP contribution in [0.25, 0.3) is 12.2 Å². The lowest BCUT2D eigenvalue weighted by Gasteiger charge is -2.32. The van der Waals surface area contributed by atoms with Gasteiger partial charge in [0.1, 0.15) is 5.69 Å². The van der Waals surface area contributed by atoms with Gasteiger partial charge in [-0.2, -0.15) is 4.31 Å². The second-order valence-electron chi connectivity index (χ2n) is 10.2. The number of piperidine rings is 1. The molecular formula is C27H39N5O4S. The maximum atomic E-state index is 13.5. The molecule has 1 N–H and O–H groups in total. The molecule has 0 radical (unpaired) electrons. The van der Waals surface area contributed by atoms with Crippen LogP contribution in [0.3, 0.4) is 0 Å². The van der Waals surface area contributed by atoms with Gasteiger partial charge in [-0.15, -0.1) is 0 Å². The van der Waals surface area contributed by atoms with Crippen molar-refractivity contribution in [2.75, 3.05) is 59.4 Å². The Morgan fingerprint density at radius 3 is 2.41 bits per heavy atom. The number of amides is 1. The first-order chi connectivity index (χ1) is 17.7. The summed E-state index contributed by atoms with van der Waals surface area (Å²) in [4.78, 5) is 17.6. The summed E-state index contributed by atoms with van der Waals surface area (Å²) in [6.45, 7) is 10.2. The fraction of sp³-hybridized carbons (Fsp3) is 0.556. The predicted octanol–water partition coefficient (Wildman–Crippen LogP) is 2.62. The standard InChI is InChI=1S/C27H39N5O4S/c1-21-5-7-23(8-6-21)9-10-25-26(22(2)29-36-25)37(34,35)32-15-11-24(12-16-32)27(33)28-13-4-14-31-19-17-30(3)18-20-31/h5-10,24H,4,11-20H2,1-3H3,(H,28,33)/b10-9+. The molecule has 2 fully saturated rings. The number of piperazine rings is 1. The minimum atomic E-state index is -3.79. The fourth-order valence-electron chi connectivity index (χ4n) is 4.87. The normalized spacial score (nSPS) is 19.0. The van der Waals surface area contributed by atoms with Crippen LogP contribution >= 0.6 is 0 Å². The number of aryl methyl sites for hydroxylation is 2. The maximum Gasteiger partial charge on any atom is 0.248 e. The molecule has 0 saturated carbocycles. The number of carbonyl (C=O) groups excluding carboxylic acids is 1. The molecule has 2 saturated heterocycles. The number of likely N-dealkylation sites (N-methyl/N-ethyl adjacent to an activating group) is 1. The molecule has 2 aliphatic heterocycles. The van der Waals surface area contributed by atoms with Crippen LogP contribution in [-0.4, -0.2) is 93.0 Å². The van der Waals surface area contributed by atoms with E-state index in [1.165, 1.54) is 4.31 Å². The number of benzene rings is 1. The molecule has 3 heterocycles. The van der Waals surface area contributed by atoms with Crippen LogP contribution in [0.1, 0.15) is 41.8 Å². The first-order valence-electron chi connectivity index (χ1n) is 13.1. The van der Waals surface area contributed by atoms with E-state index in [1.54, 1.807) is 13.0 Å². The van der Waals surface area contributed by atoms with Gasteiger partial charge in [0, 0.05) is 51.7 Å². The largest absolute Gasteiger partial charge is 0.356 e. The summed E-state index contributed by atoms with van der Waals surface area (Å²) in [5, 5.41) is 6.98. The molecule has 202 valence electrons. The predicted molar refractivity (Wildman–Crippen MR) is 144 cm³/mol. The second kappa shape index (κ2) is 12.3. The molecule has 9 nitrogen and oxygen atoms in total. The summed E-state index contributed by atoms with van der Waals surface area (Å²) in [5.41, 5.74) is 2.43. The van der Waals surface area contributed by atoms with E-state index in [4.69, 9.17) is 4.52 Å². The van der Waals surface area contributed by atoms with Gasteiger partial charge in [-0.25, -0.2) is 8.42 Å². The van der Waals surface area contributed by atoms with Gasteiger partial charge in [0.25, 0.3) is 0 Å². The zero-order valence-electron chi connectivity index (χ0n) is 22.1. The van der Waals surface area contributed by atoms with Crippen molar-refractivity contribution >= 4 is 28.1 Å². The van der Waals surface area contributed by atoms with Crippen LogP contribution in [0.2, 0.25) is 0 Å². The number of aromatic nitrogens is 1. The molecule has 1 aromatic carbocycles. The van der Waals surface area contributed by atoms with Crippen molar-refractivity contribution in [2.45, 2.75) is 38.0 Å². The Kier molecular flexibility index (Phi) is 9.17. The second-order valence-corrected chi connectivity index (χ2v) is 12.0. The Bertz CT molecular complexity index is 1180. The third-order valence-electron chi connectivity index (χ3n) is 7.31. The van der Waals surface area contributed by atoms with E-state index >= 15 is 0 Å². The first-order valence-corrected chi connectivity index (χ1v) is 14.6. The average molecular weight is 530 g/mol. The third-order valence-corrected chi connectivity index (χ3v) is 9.36. The van der Waals surface area contributed by atoms with Gasteiger partial charge >= 0.3 is 0 Å². The van der Waals surface area contributed by atoms with Gasteiger partial charge in [0.05, 0.1) is 0 Å². The van der Waals surface area contributed by atoms with Crippen molar-refractivity contribution in [1.82, 2.24) is 24.6 Å². The van der Waals surface area contributed by atoms with Gasteiger partial charge in [-0.1, -0.05) is 41.1 Å². The molecule has 1 amide bonds. The van der Waals surface area contributed by atoms with Crippen molar-refractivity contribution in [2.24, 2.45) is 5.92 Å². The zero-order valence-corrected chi connectivity index (χ0v) is 23.0. The van der Waals surface area contributed by atoms with Crippen LogP contribution in [0, 0.1) is 19.8 Å².